The summed E-state index contributed by atoms with van der Waals surface area (Å²) in [6.07, 6.45) is 2.88. The van der Waals surface area contributed by atoms with E-state index >= 15 is 0 Å². The molecule has 5 nitrogen and oxygen atoms in total. The maximum atomic E-state index is 11.8. The van der Waals surface area contributed by atoms with E-state index in [-0.39, 0.29) is 11.7 Å². The van der Waals surface area contributed by atoms with E-state index in [2.05, 4.69) is 31.4 Å². The first-order valence-electron chi connectivity index (χ1n) is 6.22. The molecule has 6 heteroatoms. The van der Waals surface area contributed by atoms with Gasteiger partial charge in [-0.15, -0.1) is 0 Å². The Labute approximate surface area is 130 Å². The second-order valence-corrected chi connectivity index (χ2v) is 5.46. The number of phenols is 1. The Morgan fingerprint density at radius 1 is 1.38 bits per heavy atom. The van der Waals surface area contributed by atoms with E-state index in [4.69, 9.17) is 0 Å². The van der Waals surface area contributed by atoms with Crippen molar-refractivity contribution in [3.63, 3.8) is 0 Å². The second-order valence-electron chi connectivity index (χ2n) is 4.55. The van der Waals surface area contributed by atoms with Gasteiger partial charge in [-0.1, -0.05) is 15.9 Å². The third-order valence-corrected chi connectivity index (χ3v) is 3.30. The number of phenolic OH excluding ortho intramolecular Hbond substituents is 1. The van der Waals surface area contributed by atoms with Crippen molar-refractivity contribution >= 4 is 28.1 Å². The number of aromatic nitrogens is 1. The standard InChI is InChI=1S/C15H14BrN3O2/c1-9-5-13(16)6-12(14(9)20)8-18-19-15(21)11-4-3-10(2)17-7-11/h3-8,20H,1-2H3,(H,19,21)/b18-8+. The molecule has 21 heavy (non-hydrogen) atoms. The highest BCUT2D eigenvalue weighted by Crippen LogP contribution is 2.25. The van der Waals surface area contributed by atoms with Crippen molar-refractivity contribution in [1.29, 1.82) is 0 Å². The molecule has 1 aromatic carbocycles. The zero-order valence-corrected chi connectivity index (χ0v) is 13.2. The number of benzene rings is 1. The summed E-state index contributed by atoms with van der Waals surface area (Å²) in [7, 11) is 0. The number of hydrogen-bond acceptors (Lipinski definition) is 4. The third kappa shape index (κ3) is 3.88. The Morgan fingerprint density at radius 3 is 2.81 bits per heavy atom. The van der Waals surface area contributed by atoms with Crippen molar-refractivity contribution < 1.29 is 9.90 Å². The SMILES string of the molecule is Cc1ccc(C(=O)N/N=C/c2cc(Br)cc(C)c2O)cn1. The van der Waals surface area contributed by atoms with Crippen molar-refractivity contribution in [2.24, 2.45) is 5.10 Å². The molecule has 0 aliphatic rings. The molecule has 0 spiro atoms. The zero-order valence-electron chi connectivity index (χ0n) is 11.6. The Bertz CT molecular complexity index is 697. The minimum Gasteiger partial charge on any atom is -0.507 e. The smallest absolute Gasteiger partial charge is 0.272 e. The molecule has 1 amide bonds. The van der Waals surface area contributed by atoms with Gasteiger partial charge in [0.1, 0.15) is 5.75 Å². The number of hydrazone groups is 1. The summed E-state index contributed by atoms with van der Waals surface area (Å²) in [5.74, 6) is -0.224. The van der Waals surface area contributed by atoms with Crippen LogP contribution in [0.4, 0.5) is 0 Å². The summed E-state index contributed by atoms with van der Waals surface area (Å²) in [4.78, 5) is 15.9. The number of aryl methyl sites for hydroxylation is 2. The molecule has 0 aliphatic carbocycles. The quantitative estimate of drug-likeness (QED) is 0.662. The summed E-state index contributed by atoms with van der Waals surface area (Å²) in [6, 6.07) is 6.94. The van der Waals surface area contributed by atoms with Crippen LogP contribution < -0.4 is 5.43 Å². The predicted octanol–water partition coefficient (Wildman–Crippen LogP) is 2.93. The van der Waals surface area contributed by atoms with Crippen molar-refractivity contribution in [2.75, 3.05) is 0 Å². The number of nitrogens with one attached hydrogen (secondary N) is 1. The second kappa shape index (κ2) is 6.49. The molecule has 0 aliphatic heterocycles. The van der Waals surface area contributed by atoms with E-state index in [1.165, 1.54) is 12.4 Å². The minimum absolute atomic E-state index is 0.133. The van der Waals surface area contributed by atoms with Gasteiger partial charge in [0.2, 0.25) is 0 Å². The maximum absolute atomic E-state index is 11.8. The van der Waals surface area contributed by atoms with Gasteiger partial charge in [0, 0.05) is 21.9 Å². The molecule has 2 rings (SSSR count). The molecule has 0 radical (unpaired) electrons. The first kappa shape index (κ1) is 15.2. The highest BCUT2D eigenvalue weighted by Gasteiger charge is 2.06. The van der Waals surface area contributed by atoms with Crippen LogP contribution in [0.2, 0.25) is 0 Å². The van der Waals surface area contributed by atoms with Gasteiger partial charge in [-0.2, -0.15) is 5.10 Å². The normalized spacial score (nSPS) is 10.8. The lowest BCUT2D eigenvalue weighted by Gasteiger charge is -2.04. The molecule has 2 aromatic rings. The van der Waals surface area contributed by atoms with E-state index in [0.29, 0.717) is 11.1 Å². The number of nitrogens with zero attached hydrogens (tertiary/aromatic N) is 2. The van der Waals surface area contributed by atoms with Crippen LogP contribution in [0.5, 0.6) is 5.75 Å². The number of rotatable bonds is 3. The van der Waals surface area contributed by atoms with Gasteiger partial charge in [0.25, 0.3) is 5.91 Å². The van der Waals surface area contributed by atoms with Gasteiger partial charge < -0.3 is 5.11 Å². The van der Waals surface area contributed by atoms with E-state index in [0.717, 1.165) is 15.7 Å². The number of halogens is 1. The molecular weight excluding hydrogens is 334 g/mol. The van der Waals surface area contributed by atoms with Gasteiger partial charge in [-0.3, -0.25) is 9.78 Å². The molecular formula is C15H14BrN3O2. The summed E-state index contributed by atoms with van der Waals surface area (Å²) in [5, 5.41) is 13.8. The van der Waals surface area contributed by atoms with Gasteiger partial charge >= 0.3 is 0 Å². The number of carbonyl (C=O) groups is 1. The lowest BCUT2D eigenvalue weighted by atomic mass is 10.1. The zero-order chi connectivity index (χ0) is 15.4. The highest BCUT2D eigenvalue weighted by atomic mass is 79.9. The Kier molecular flexibility index (Phi) is 4.70. The van der Waals surface area contributed by atoms with E-state index in [9.17, 15) is 9.90 Å². The lowest BCUT2D eigenvalue weighted by Crippen LogP contribution is -2.17. The predicted molar refractivity (Wildman–Crippen MR) is 84.6 cm³/mol. The summed E-state index contributed by atoms with van der Waals surface area (Å²) in [6.45, 7) is 3.63. The van der Waals surface area contributed by atoms with Crippen LogP contribution in [0, 0.1) is 13.8 Å². The molecule has 0 bridgehead atoms. The van der Waals surface area contributed by atoms with Crippen LogP contribution >= 0.6 is 15.9 Å². The average molecular weight is 348 g/mol. The topological polar surface area (TPSA) is 74.6 Å². The molecule has 1 aromatic heterocycles. The highest BCUT2D eigenvalue weighted by molar-refractivity contribution is 9.10. The monoisotopic (exact) mass is 347 g/mol. The summed E-state index contributed by atoms with van der Waals surface area (Å²) >= 11 is 3.34. The number of aromatic hydroxyl groups is 1. The first-order valence-corrected chi connectivity index (χ1v) is 7.02. The number of carbonyl (C=O) groups excluding carboxylic acids is 1. The Balaban J connectivity index is 2.09. The lowest BCUT2D eigenvalue weighted by molar-refractivity contribution is 0.0954. The van der Waals surface area contributed by atoms with Gasteiger partial charge in [-0.25, -0.2) is 5.43 Å². The van der Waals surface area contributed by atoms with Crippen LogP contribution in [-0.2, 0) is 0 Å². The number of hydrogen-bond donors (Lipinski definition) is 2. The fourth-order valence-corrected chi connectivity index (χ4v) is 2.28. The van der Waals surface area contributed by atoms with Gasteiger partial charge in [0.15, 0.2) is 0 Å². The van der Waals surface area contributed by atoms with Crippen LogP contribution in [-0.4, -0.2) is 22.2 Å². The molecule has 0 atom stereocenters. The fourth-order valence-electron chi connectivity index (χ4n) is 1.69. The Morgan fingerprint density at radius 2 is 2.14 bits per heavy atom. The molecule has 0 fully saturated rings. The van der Waals surface area contributed by atoms with Crippen LogP contribution in [0.15, 0.2) is 40.0 Å². The number of amides is 1. The summed E-state index contributed by atoms with van der Waals surface area (Å²) in [5.41, 5.74) is 4.90. The van der Waals surface area contributed by atoms with E-state index < -0.39 is 0 Å². The molecule has 0 unspecified atom stereocenters. The van der Waals surface area contributed by atoms with Gasteiger partial charge in [-0.05, 0) is 43.7 Å². The van der Waals surface area contributed by atoms with E-state index in [1.807, 2.05) is 6.92 Å². The molecule has 1 heterocycles. The van der Waals surface area contributed by atoms with E-state index in [1.54, 1.807) is 31.2 Å². The van der Waals surface area contributed by atoms with Crippen molar-refractivity contribution in [1.82, 2.24) is 10.4 Å². The van der Waals surface area contributed by atoms with Crippen LogP contribution in [0.3, 0.4) is 0 Å². The van der Waals surface area contributed by atoms with Crippen LogP contribution in [0.1, 0.15) is 27.2 Å². The fraction of sp³-hybridized carbons (Fsp3) is 0.133. The first-order chi connectivity index (χ1) is 9.97. The largest absolute Gasteiger partial charge is 0.507 e. The third-order valence-electron chi connectivity index (χ3n) is 2.84. The Hall–Kier alpha value is -2.21. The van der Waals surface area contributed by atoms with Crippen molar-refractivity contribution in [3.05, 3.63) is 57.3 Å². The molecule has 108 valence electrons. The molecule has 2 N–H and O–H groups in total. The maximum Gasteiger partial charge on any atom is 0.272 e. The van der Waals surface area contributed by atoms with Crippen molar-refractivity contribution in [3.8, 4) is 5.75 Å². The number of pyridine rings is 1. The van der Waals surface area contributed by atoms with Crippen molar-refractivity contribution in [2.45, 2.75) is 13.8 Å². The summed E-state index contributed by atoms with van der Waals surface area (Å²) < 4.78 is 0.827. The molecule has 0 saturated heterocycles. The van der Waals surface area contributed by atoms with Gasteiger partial charge in [0.05, 0.1) is 11.8 Å². The molecule has 0 saturated carbocycles. The van der Waals surface area contributed by atoms with Crippen LogP contribution in [0.25, 0.3) is 0 Å². The average Bonchev–Trinajstić information content (AvgIpc) is 2.44. The minimum atomic E-state index is -0.357.